The van der Waals surface area contributed by atoms with Gasteiger partial charge in [-0.25, -0.2) is 0 Å². The molecule has 1 saturated carbocycles. The first-order valence-corrected chi connectivity index (χ1v) is 5.47. The Labute approximate surface area is 81.2 Å². The second-order valence-electron chi connectivity index (χ2n) is 4.41. The van der Waals surface area contributed by atoms with Gasteiger partial charge in [-0.05, 0) is 30.9 Å². The Bertz CT molecular complexity index is 325. The van der Waals surface area contributed by atoms with Crippen LogP contribution in [0.3, 0.4) is 0 Å². The molecular weight excluding hydrogens is 158 g/mol. The molecule has 1 nitrogen and oxygen atoms in total. The lowest BCUT2D eigenvalue weighted by Gasteiger charge is -2.38. The Kier molecular flexibility index (Phi) is 1.49. The standard InChI is InChI=1S/C12H17N/c1-2-5-10(6-3-1)11-9-13-8-4-7-12(11)13/h4,7-8,10-11H,1-3,5-6,9H2/i9D. The van der Waals surface area contributed by atoms with Crippen LogP contribution in [0.25, 0.3) is 0 Å². The Morgan fingerprint density at radius 1 is 1.31 bits per heavy atom. The topological polar surface area (TPSA) is 4.93 Å². The van der Waals surface area contributed by atoms with E-state index >= 15 is 0 Å². The van der Waals surface area contributed by atoms with Gasteiger partial charge in [-0.2, -0.15) is 0 Å². The Morgan fingerprint density at radius 2 is 2.15 bits per heavy atom. The van der Waals surface area contributed by atoms with Gasteiger partial charge in [0.05, 0.1) is 1.37 Å². The molecule has 1 aromatic heterocycles. The van der Waals surface area contributed by atoms with E-state index in [-0.39, 0.29) is 6.52 Å². The summed E-state index contributed by atoms with van der Waals surface area (Å²) < 4.78 is 10.2. The summed E-state index contributed by atoms with van der Waals surface area (Å²) in [6.45, 7) is 0.0168. The van der Waals surface area contributed by atoms with Crippen LogP contribution < -0.4 is 0 Å². The maximum absolute atomic E-state index is 8.07. The highest BCUT2D eigenvalue weighted by molar-refractivity contribution is 5.21. The molecule has 3 rings (SSSR count). The minimum Gasteiger partial charge on any atom is -0.350 e. The molecule has 2 unspecified atom stereocenters. The summed E-state index contributed by atoms with van der Waals surface area (Å²) >= 11 is 0. The fraction of sp³-hybridized carbons (Fsp3) is 0.667. The lowest BCUT2D eigenvalue weighted by Crippen LogP contribution is -2.30. The maximum atomic E-state index is 8.07. The third-order valence-corrected chi connectivity index (χ3v) is 3.63. The smallest absolute Gasteiger partial charge is 0.0504 e. The fourth-order valence-corrected chi connectivity index (χ4v) is 2.85. The number of hydrogen-bond donors (Lipinski definition) is 0. The van der Waals surface area contributed by atoms with E-state index in [4.69, 9.17) is 1.37 Å². The number of rotatable bonds is 1. The van der Waals surface area contributed by atoms with Gasteiger partial charge in [0.25, 0.3) is 0 Å². The molecule has 0 aromatic carbocycles. The van der Waals surface area contributed by atoms with Crippen LogP contribution in [0, 0.1) is 5.92 Å². The number of hydrogen-bond acceptors (Lipinski definition) is 0. The molecule has 0 saturated heterocycles. The van der Waals surface area contributed by atoms with Gasteiger partial charge >= 0.3 is 0 Å². The van der Waals surface area contributed by atoms with Crippen LogP contribution in [0.5, 0.6) is 0 Å². The molecule has 0 bridgehead atoms. The zero-order valence-electron chi connectivity index (χ0n) is 8.95. The van der Waals surface area contributed by atoms with E-state index in [1.807, 2.05) is 6.20 Å². The van der Waals surface area contributed by atoms with Gasteiger partial charge in [0.2, 0.25) is 0 Å². The highest BCUT2D eigenvalue weighted by Gasteiger charge is 2.32. The molecule has 1 fully saturated rings. The molecule has 1 aliphatic heterocycles. The van der Waals surface area contributed by atoms with Gasteiger partial charge in [0.15, 0.2) is 0 Å². The zero-order valence-corrected chi connectivity index (χ0v) is 7.95. The summed E-state index contributed by atoms with van der Waals surface area (Å²) in [7, 11) is 0. The lowest BCUT2D eigenvalue weighted by atomic mass is 9.76. The highest BCUT2D eigenvalue weighted by atomic mass is 15.0. The Hall–Kier alpha value is -0.720. The van der Waals surface area contributed by atoms with Crippen LogP contribution >= 0.6 is 0 Å². The van der Waals surface area contributed by atoms with Gasteiger partial charge in [0.1, 0.15) is 0 Å². The van der Waals surface area contributed by atoms with Crippen LogP contribution in [0.1, 0.15) is 45.1 Å². The fourth-order valence-electron chi connectivity index (χ4n) is 2.85. The predicted octanol–water partition coefficient (Wildman–Crippen LogP) is 3.17. The average Bonchev–Trinajstić information content (AvgIpc) is 2.63. The van der Waals surface area contributed by atoms with Gasteiger partial charge in [-0.1, -0.05) is 19.3 Å². The summed E-state index contributed by atoms with van der Waals surface area (Å²) in [5.74, 6) is 1.35. The Balaban J connectivity index is 1.81. The maximum Gasteiger partial charge on any atom is 0.0504 e. The van der Waals surface area contributed by atoms with Crippen molar-refractivity contribution < 1.29 is 1.37 Å². The van der Waals surface area contributed by atoms with E-state index in [9.17, 15) is 0 Å². The van der Waals surface area contributed by atoms with E-state index in [1.165, 1.54) is 37.8 Å². The number of nitrogens with zero attached hydrogens (tertiary/aromatic N) is 1. The van der Waals surface area contributed by atoms with Crippen molar-refractivity contribution in [3.63, 3.8) is 0 Å². The summed E-state index contributed by atoms with van der Waals surface area (Å²) in [6, 6.07) is 4.28. The zero-order chi connectivity index (χ0) is 9.54. The molecular formula is C12H17N. The molecule has 1 aromatic rings. The van der Waals surface area contributed by atoms with Crippen molar-refractivity contribution in [2.24, 2.45) is 5.92 Å². The first-order chi connectivity index (χ1) is 6.88. The van der Waals surface area contributed by atoms with Crippen molar-refractivity contribution in [1.29, 1.82) is 0 Å². The molecule has 70 valence electrons. The molecule has 0 spiro atoms. The monoisotopic (exact) mass is 176 g/mol. The van der Waals surface area contributed by atoms with Gasteiger partial charge in [-0.3, -0.25) is 0 Å². The second-order valence-corrected chi connectivity index (χ2v) is 4.41. The molecule has 1 heteroatoms. The van der Waals surface area contributed by atoms with Crippen molar-refractivity contribution in [2.45, 2.75) is 44.5 Å². The number of fused-ring (bicyclic) bond motifs is 1. The third-order valence-electron chi connectivity index (χ3n) is 3.63. The molecule has 0 radical (unpaired) electrons. The minimum absolute atomic E-state index is 0.0168. The molecule has 13 heavy (non-hydrogen) atoms. The third kappa shape index (κ3) is 1.13. The van der Waals surface area contributed by atoms with Crippen LogP contribution in [0.2, 0.25) is 0 Å². The molecule has 2 aliphatic rings. The van der Waals surface area contributed by atoms with Crippen LogP contribution in [-0.4, -0.2) is 4.57 Å². The Morgan fingerprint density at radius 3 is 3.00 bits per heavy atom. The quantitative estimate of drug-likeness (QED) is 0.619. The van der Waals surface area contributed by atoms with E-state index in [1.54, 1.807) is 0 Å². The molecule has 2 atom stereocenters. The molecule has 0 N–H and O–H groups in total. The van der Waals surface area contributed by atoms with Gasteiger partial charge in [0, 0.05) is 24.3 Å². The predicted molar refractivity (Wildman–Crippen MR) is 53.7 cm³/mol. The van der Waals surface area contributed by atoms with Crippen LogP contribution in [0.4, 0.5) is 0 Å². The largest absolute Gasteiger partial charge is 0.350 e. The van der Waals surface area contributed by atoms with E-state index in [0.29, 0.717) is 5.92 Å². The SMILES string of the molecule is [2H]C1C(C2CCCCC2)c2cccn21. The van der Waals surface area contributed by atoms with E-state index in [0.717, 1.165) is 5.92 Å². The normalized spacial score (nSPS) is 34.9. The van der Waals surface area contributed by atoms with Gasteiger partial charge in [-0.15, -0.1) is 0 Å². The first kappa shape index (κ1) is 6.69. The summed E-state index contributed by atoms with van der Waals surface area (Å²) in [6.07, 6.45) is 8.93. The lowest BCUT2D eigenvalue weighted by molar-refractivity contribution is 0.238. The van der Waals surface area contributed by atoms with Crippen molar-refractivity contribution >= 4 is 0 Å². The summed E-state index contributed by atoms with van der Waals surface area (Å²) in [5.41, 5.74) is 1.41. The first-order valence-electron chi connectivity index (χ1n) is 6.04. The highest BCUT2D eigenvalue weighted by Crippen LogP contribution is 2.42. The average molecular weight is 176 g/mol. The second kappa shape index (κ2) is 2.90. The van der Waals surface area contributed by atoms with Crippen molar-refractivity contribution in [1.82, 2.24) is 4.57 Å². The van der Waals surface area contributed by atoms with Crippen LogP contribution in [0.15, 0.2) is 18.3 Å². The van der Waals surface area contributed by atoms with E-state index in [2.05, 4.69) is 16.7 Å². The van der Waals surface area contributed by atoms with Crippen LogP contribution in [-0.2, 0) is 6.52 Å². The molecule has 1 aliphatic carbocycles. The molecule has 0 amide bonds. The summed E-state index contributed by atoms with van der Waals surface area (Å²) in [4.78, 5) is 0. The summed E-state index contributed by atoms with van der Waals surface area (Å²) in [5, 5.41) is 0. The molecule has 2 heterocycles. The van der Waals surface area contributed by atoms with E-state index < -0.39 is 0 Å². The minimum atomic E-state index is 0.0168. The number of aromatic nitrogens is 1. The van der Waals surface area contributed by atoms with Crippen molar-refractivity contribution in [2.75, 3.05) is 0 Å². The van der Waals surface area contributed by atoms with Crippen molar-refractivity contribution in [3.8, 4) is 0 Å². The van der Waals surface area contributed by atoms with Crippen molar-refractivity contribution in [3.05, 3.63) is 24.0 Å². The van der Waals surface area contributed by atoms with Gasteiger partial charge < -0.3 is 4.57 Å².